The first kappa shape index (κ1) is 48.6. The van der Waals surface area contributed by atoms with Gasteiger partial charge in [-0.2, -0.15) is 13.2 Å². The third-order valence-corrected chi connectivity index (χ3v) is 11.2. The Morgan fingerprint density at radius 3 is 2.39 bits per heavy atom. The van der Waals surface area contributed by atoms with Crippen molar-refractivity contribution in [2.45, 2.75) is 83.5 Å². The molecule has 18 heteroatoms. The van der Waals surface area contributed by atoms with E-state index in [1.54, 1.807) is 37.1 Å². The lowest BCUT2D eigenvalue weighted by molar-refractivity contribution is -0.137. The molecule has 0 saturated heterocycles. The van der Waals surface area contributed by atoms with Crippen LogP contribution in [0.1, 0.15) is 95.5 Å². The van der Waals surface area contributed by atoms with Crippen LogP contribution in [0.25, 0.3) is 10.9 Å². The monoisotopic (exact) mass is 891 g/mol. The van der Waals surface area contributed by atoms with Crippen molar-refractivity contribution in [2.75, 3.05) is 59.1 Å². The van der Waals surface area contributed by atoms with E-state index < -0.39 is 29.6 Å². The summed E-state index contributed by atoms with van der Waals surface area (Å²) in [7, 11) is 6.21. The van der Waals surface area contributed by atoms with Crippen molar-refractivity contribution in [2.24, 2.45) is 5.41 Å². The number of likely N-dealkylation sites (N-methyl/N-ethyl adjacent to an activating group) is 2. The highest BCUT2D eigenvalue weighted by atomic mass is 19.4. The third-order valence-electron chi connectivity index (χ3n) is 11.2. The second-order valence-electron chi connectivity index (χ2n) is 16.2. The highest BCUT2D eigenvalue weighted by Crippen LogP contribution is 2.47. The number of nitrogens with one attached hydrogen (secondary N) is 2. The van der Waals surface area contributed by atoms with Gasteiger partial charge in [-0.1, -0.05) is 12.8 Å². The number of hydrogen-bond acceptors (Lipinski definition) is 12. The molecule has 1 aliphatic carbocycles. The normalized spacial score (nSPS) is 13.4. The fourth-order valence-electron chi connectivity index (χ4n) is 7.44. The third kappa shape index (κ3) is 12.8. The minimum absolute atomic E-state index is 0.000138. The first-order valence-corrected chi connectivity index (χ1v) is 21.1. The molecule has 0 radical (unpaired) electrons. The Balaban J connectivity index is 1.07. The van der Waals surface area contributed by atoms with Crippen LogP contribution in [0.15, 0.2) is 48.5 Å². The quantitative estimate of drug-likeness (QED) is 0.0380. The molecule has 15 nitrogen and oxygen atoms in total. The topological polar surface area (TPSA) is 195 Å². The predicted molar refractivity (Wildman–Crippen MR) is 234 cm³/mol. The number of rotatable bonds is 24. The Morgan fingerprint density at radius 2 is 1.72 bits per heavy atom. The average Bonchev–Trinajstić information content (AvgIpc) is 4.04. The van der Waals surface area contributed by atoms with E-state index in [-0.39, 0.29) is 47.5 Å². The van der Waals surface area contributed by atoms with Crippen LogP contribution in [0.4, 0.5) is 24.7 Å². The molecule has 344 valence electrons. The summed E-state index contributed by atoms with van der Waals surface area (Å²) in [4.78, 5) is 73.5. The molecule has 1 unspecified atom stereocenters. The second kappa shape index (κ2) is 21.8. The van der Waals surface area contributed by atoms with Gasteiger partial charge in [0.2, 0.25) is 11.8 Å². The molecule has 4 aromatic rings. The highest BCUT2D eigenvalue weighted by Gasteiger charge is 2.45. The molecular formula is C46H56F3N7O8. The summed E-state index contributed by atoms with van der Waals surface area (Å²) in [6.07, 6.45) is 2.11. The van der Waals surface area contributed by atoms with Gasteiger partial charge in [0.05, 0.1) is 37.0 Å². The van der Waals surface area contributed by atoms with Gasteiger partial charge < -0.3 is 45.2 Å². The van der Waals surface area contributed by atoms with Crippen LogP contribution < -0.4 is 30.6 Å². The van der Waals surface area contributed by atoms with Gasteiger partial charge >= 0.3 is 6.18 Å². The molecule has 1 heterocycles. The summed E-state index contributed by atoms with van der Waals surface area (Å²) < 4.78 is 58.1. The number of aryl methyl sites for hydroxylation is 1. The van der Waals surface area contributed by atoms with E-state index in [0.29, 0.717) is 97.0 Å². The number of nitrogens with two attached hydrogens (primary N) is 1. The van der Waals surface area contributed by atoms with Crippen LogP contribution in [0.2, 0.25) is 0 Å². The van der Waals surface area contributed by atoms with Gasteiger partial charge in [-0.25, -0.2) is 9.97 Å². The van der Waals surface area contributed by atoms with E-state index in [4.69, 9.17) is 19.9 Å². The van der Waals surface area contributed by atoms with Crippen LogP contribution in [-0.2, 0) is 27.1 Å². The first-order valence-electron chi connectivity index (χ1n) is 21.1. The molecule has 1 atom stereocenters. The summed E-state index contributed by atoms with van der Waals surface area (Å²) in [5.74, 6) is 1.26. The molecule has 0 spiro atoms. The number of hydrogen-bond donors (Lipinski definition) is 3. The number of benzene rings is 3. The largest absolute Gasteiger partial charge is 0.494 e. The fourth-order valence-corrected chi connectivity index (χ4v) is 7.44. The summed E-state index contributed by atoms with van der Waals surface area (Å²) in [5, 5.41) is 6.23. The van der Waals surface area contributed by atoms with E-state index in [0.717, 1.165) is 37.8 Å². The first-order chi connectivity index (χ1) is 30.5. The predicted octanol–water partition coefficient (Wildman–Crippen LogP) is 6.79. The van der Waals surface area contributed by atoms with E-state index in [1.807, 2.05) is 0 Å². The number of ether oxygens (including phenoxy) is 3. The molecule has 3 aromatic carbocycles. The standard InChI is InChI=1S/C46H56F3N7O8/c1-29-53-37-24-39(62-5)40(23-36(37)42(54-29)52-25-30-19-32(46(47,48)49)22-33(50)20-30)64-28-45(15-16-45)27-55(3)41(59)12-8-6-7-9-18-63-34-13-14-35(31(21-34)26-58)44(61)56(4)38(11-10-17-57)43(60)51-2/h13-14,17,19-24,26,38H,6-12,15-16,18,25,27-28,50H2,1-5H3,(H,51,60)(H,52,53,54). The van der Waals surface area contributed by atoms with Gasteiger partial charge in [0, 0.05) is 75.2 Å². The number of aldehydes is 2. The highest BCUT2D eigenvalue weighted by molar-refractivity contribution is 6.03. The zero-order chi connectivity index (χ0) is 46.6. The van der Waals surface area contributed by atoms with Gasteiger partial charge in [0.15, 0.2) is 17.8 Å². The molecule has 3 amide bonds. The van der Waals surface area contributed by atoms with Gasteiger partial charge in [0.1, 0.15) is 29.7 Å². The van der Waals surface area contributed by atoms with Crippen LogP contribution in [0.5, 0.6) is 17.2 Å². The summed E-state index contributed by atoms with van der Waals surface area (Å²) >= 11 is 0. The van der Waals surface area contributed by atoms with E-state index in [1.165, 1.54) is 44.3 Å². The molecule has 0 aliphatic heterocycles. The average molecular weight is 892 g/mol. The Bertz CT molecular complexity index is 2320. The zero-order valence-corrected chi connectivity index (χ0v) is 36.8. The van der Waals surface area contributed by atoms with Crippen LogP contribution in [0, 0.1) is 12.3 Å². The number of unbranched alkanes of at least 4 members (excludes halogenated alkanes) is 3. The van der Waals surface area contributed by atoms with E-state index in [9.17, 15) is 37.1 Å². The minimum Gasteiger partial charge on any atom is -0.494 e. The zero-order valence-electron chi connectivity index (χ0n) is 36.8. The fraction of sp³-hybridized carbons (Fsp3) is 0.457. The summed E-state index contributed by atoms with van der Waals surface area (Å²) in [5.41, 5.74) is 5.84. The Morgan fingerprint density at radius 1 is 0.969 bits per heavy atom. The molecular weight excluding hydrogens is 836 g/mol. The van der Waals surface area contributed by atoms with Crippen molar-refractivity contribution >= 4 is 52.7 Å². The minimum atomic E-state index is -4.54. The summed E-state index contributed by atoms with van der Waals surface area (Å²) in [6.45, 7) is 2.96. The lowest BCUT2D eigenvalue weighted by Crippen LogP contribution is -2.47. The number of nitrogens with zero attached hydrogens (tertiary/aromatic N) is 4. The molecule has 5 rings (SSSR count). The van der Waals surface area contributed by atoms with Gasteiger partial charge in [0.25, 0.3) is 5.91 Å². The van der Waals surface area contributed by atoms with Crippen molar-refractivity contribution in [3.8, 4) is 17.2 Å². The van der Waals surface area contributed by atoms with Crippen LogP contribution in [0.3, 0.4) is 0 Å². The number of anilines is 2. The molecule has 0 bridgehead atoms. The summed E-state index contributed by atoms with van der Waals surface area (Å²) in [6, 6.07) is 10.6. The van der Waals surface area contributed by atoms with Gasteiger partial charge in [-0.05, 0) is 87.1 Å². The van der Waals surface area contributed by atoms with Crippen molar-refractivity contribution in [3.05, 3.63) is 76.6 Å². The Labute approximate surface area is 370 Å². The van der Waals surface area contributed by atoms with Crippen LogP contribution >= 0.6 is 0 Å². The maximum atomic E-state index is 13.4. The van der Waals surface area contributed by atoms with Crippen molar-refractivity contribution in [1.82, 2.24) is 25.1 Å². The molecule has 1 saturated carbocycles. The van der Waals surface area contributed by atoms with E-state index in [2.05, 4.69) is 20.6 Å². The van der Waals surface area contributed by atoms with Crippen LogP contribution in [-0.4, -0.2) is 104 Å². The SMILES string of the molecule is CNC(=O)C(CCC=O)N(C)C(=O)c1ccc(OCCCCCCC(=O)N(C)CC2(COc3cc4c(NCc5cc(N)cc(C(F)(F)F)c5)nc(C)nc4cc3OC)CC2)cc1C=O. The lowest BCUT2D eigenvalue weighted by atomic mass is 10.0. The Hall–Kier alpha value is -6.46. The number of alkyl halides is 3. The van der Waals surface area contributed by atoms with Crippen molar-refractivity contribution in [3.63, 3.8) is 0 Å². The molecule has 1 fully saturated rings. The van der Waals surface area contributed by atoms with E-state index >= 15 is 0 Å². The van der Waals surface area contributed by atoms with Gasteiger partial charge in [-0.15, -0.1) is 0 Å². The van der Waals surface area contributed by atoms with Crippen molar-refractivity contribution < 1.29 is 51.4 Å². The molecule has 4 N–H and O–H groups in total. The maximum Gasteiger partial charge on any atom is 0.416 e. The number of amides is 3. The number of nitrogen functional groups attached to an aromatic ring is 1. The second-order valence-corrected chi connectivity index (χ2v) is 16.2. The molecule has 1 aromatic heterocycles. The number of carbonyl (C=O) groups is 5. The smallest absolute Gasteiger partial charge is 0.416 e. The number of carbonyl (C=O) groups excluding carboxylic acids is 5. The Kier molecular flexibility index (Phi) is 16.5. The molecule has 1 aliphatic rings. The molecule has 64 heavy (non-hydrogen) atoms. The maximum absolute atomic E-state index is 13.4. The number of aromatic nitrogens is 2. The number of halogens is 3. The number of methoxy groups -OCH3 is 1. The number of fused-ring (bicyclic) bond motifs is 1. The lowest BCUT2D eigenvalue weighted by Gasteiger charge is -2.27. The van der Waals surface area contributed by atoms with Crippen molar-refractivity contribution in [1.29, 1.82) is 0 Å². The van der Waals surface area contributed by atoms with Gasteiger partial charge in [-0.3, -0.25) is 19.2 Å².